The van der Waals surface area contributed by atoms with Crippen molar-refractivity contribution in [2.75, 3.05) is 43.0 Å². The van der Waals surface area contributed by atoms with E-state index >= 15 is 0 Å². The summed E-state index contributed by atoms with van der Waals surface area (Å²) in [4.78, 5) is 27.9. The predicted octanol–water partition coefficient (Wildman–Crippen LogP) is 4.19. The summed E-state index contributed by atoms with van der Waals surface area (Å²) in [6.07, 6.45) is 0. The minimum atomic E-state index is -0.390. The molecule has 0 radical (unpaired) electrons. The number of ether oxygens (including phenoxy) is 1. The molecule has 2 aromatic carbocycles. The molecule has 1 aliphatic rings. The number of hydrogen-bond donors (Lipinski definition) is 2. The molecule has 0 saturated carbocycles. The number of nitrogens with one attached hydrogen (secondary N) is 2. The van der Waals surface area contributed by atoms with Crippen molar-refractivity contribution in [1.29, 1.82) is 0 Å². The van der Waals surface area contributed by atoms with Gasteiger partial charge in [-0.05, 0) is 55.5 Å². The van der Waals surface area contributed by atoms with Crippen molar-refractivity contribution >= 4 is 63.7 Å². The molecule has 0 spiro atoms. The highest BCUT2D eigenvalue weighted by Crippen LogP contribution is 2.30. The van der Waals surface area contributed by atoms with Crippen LogP contribution in [0.15, 0.2) is 36.4 Å². The van der Waals surface area contributed by atoms with Crippen molar-refractivity contribution in [2.45, 2.75) is 13.8 Å². The molecule has 170 valence electrons. The van der Waals surface area contributed by atoms with Crippen molar-refractivity contribution < 1.29 is 14.3 Å². The zero-order chi connectivity index (χ0) is 23.3. The molecule has 1 saturated heterocycles. The van der Waals surface area contributed by atoms with Gasteiger partial charge in [0.15, 0.2) is 5.11 Å². The molecule has 32 heavy (non-hydrogen) atoms. The van der Waals surface area contributed by atoms with Gasteiger partial charge in [-0.2, -0.15) is 0 Å². The van der Waals surface area contributed by atoms with Crippen molar-refractivity contribution in [3.05, 3.63) is 52.0 Å². The average Bonchev–Trinajstić information content (AvgIpc) is 2.75. The molecule has 10 heteroatoms. The first-order valence-electron chi connectivity index (χ1n) is 10.1. The second-order valence-corrected chi connectivity index (χ2v) is 8.37. The largest absolute Gasteiger partial charge is 0.492 e. The van der Waals surface area contributed by atoms with E-state index in [-0.39, 0.29) is 11.0 Å². The second-order valence-electron chi connectivity index (χ2n) is 7.15. The molecular weight excluding hydrogens is 471 g/mol. The third kappa shape index (κ3) is 6.03. The highest BCUT2D eigenvalue weighted by atomic mass is 35.5. The van der Waals surface area contributed by atoms with Crippen molar-refractivity contribution in [2.24, 2.45) is 0 Å². The molecule has 0 bridgehead atoms. The van der Waals surface area contributed by atoms with Crippen LogP contribution in [0.25, 0.3) is 0 Å². The number of amides is 2. The van der Waals surface area contributed by atoms with Gasteiger partial charge in [0.1, 0.15) is 5.75 Å². The maximum atomic E-state index is 12.5. The van der Waals surface area contributed by atoms with Crippen LogP contribution in [-0.4, -0.2) is 54.6 Å². The molecule has 1 fully saturated rings. The summed E-state index contributed by atoms with van der Waals surface area (Å²) in [5.41, 5.74) is 1.90. The minimum Gasteiger partial charge on any atom is -0.492 e. The van der Waals surface area contributed by atoms with Crippen LogP contribution in [0.1, 0.15) is 24.2 Å². The van der Waals surface area contributed by atoms with Gasteiger partial charge in [-0.25, -0.2) is 0 Å². The van der Waals surface area contributed by atoms with Crippen LogP contribution in [0.5, 0.6) is 5.75 Å². The molecule has 0 aliphatic carbocycles. The number of carbonyl (C=O) groups excluding carboxylic acids is 2. The maximum Gasteiger partial charge on any atom is 0.257 e. The van der Waals surface area contributed by atoms with Crippen molar-refractivity contribution in [1.82, 2.24) is 10.2 Å². The molecule has 1 aliphatic heterocycles. The lowest BCUT2D eigenvalue weighted by Crippen LogP contribution is -2.48. The molecule has 0 unspecified atom stereocenters. The molecule has 7 nitrogen and oxygen atoms in total. The Hall–Kier alpha value is -2.55. The SMILES string of the molecule is CCOc1ccc(C(=O)NC(=S)Nc2ccc(N3CCN(C(C)=O)CC3)c(Cl)c2)cc1Cl. The molecule has 0 atom stereocenters. The molecular formula is C22H24Cl2N4O3S. The Labute approximate surface area is 202 Å². The Morgan fingerprint density at radius 1 is 1.06 bits per heavy atom. The van der Waals surface area contributed by atoms with Gasteiger partial charge in [0, 0.05) is 44.4 Å². The summed E-state index contributed by atoms with van der Waals surface area (Å²) in [5, 5.41) is 6.64. The smallest absolute Gasteiger partial charge is 0.257 e. The standard InChI is InChI=1S/C22H24Cl2N4O3S/c1-3-31-20-7-4-15(12-18(20)24)21(30)26-22(32)25-16-5-6-19(17(23)13-16)28-10-8-27(9-11-28)14(2)29/h4-7,12-13H,3,8-11H2,1-2H3,(H2,25,26,30,32). The van der Waals surface area contributed by atoms with Gasteiger partial charge in [-0.3, -0.25) is 14.9 Å². The van der Waals surface area contributed by atoms with Crippen LogP contribution < -0.4 is 20.3 Å². The third-order valence-corrected chi connectivity index (χ3v) is 5.79. The van der Waals surface area contributed by atoms with E-state index in [1.165, 1.54) is 6.07 Å². The van der Waals surface area contributed by atoms with Crippen molar-refractivity contribution in [3.8, 4) is 5.75 Å². The minimum absolute atomic E-state index is 0.0818. The Morgan fingerprint density at radius 2 is 1.78 bits per heavy atom. The second kappa shape index (κ2) is 10.8. The summed E-state index contributed by atoms with van der Waals surface area (Å²) >= 11 is 17.9. The molecule has 2 amide bonds. The molecule has 1 heterocycles. The molecule has 2 N–H and O–H groups in total. The van der Waals surface area contributed by atoms with Gasteiger partial charge in [-0.15, -0.1) is 0 Å². The van der Waals surface area contributed by atoms with Gasteiger partial charge in [0.25, 0.3) is 5.91 Å². The van der Waals surface area contributed by atoms with E-state index in [0.29, 0.717) is 59.8 Å². The third-order valence-electron chi connectivity index (χ3n) is 4.99. The van der Waals surface area contributed by atoms with E-state index in [1.54, 1.807) is 25.1 Å². The highest BCUT2D eigenvalue weighted by Gasteiger charge is 2.20. The Morgan fingerprint density at radius 3 is 2.38 bits per heavy atom. The van der Waals surface area contributed by atoms with Gasteiger partial charge in [0.05, 0.1) is 22.3 Å². The van der Waals surface area contributed by atoms with Crippen LogP contribution in [0.4, 0.5) is 11.4 Å². The number of anilines is 2. The van der Waals surface area contributed by atoms with Gasteiger partial charge >= 0.3 is 0 Å². The first-order valence-corrected chi connectivity index (χ1v) is 11.3. The maximum absolute atomic E-state index is 12.5. The lowest BCUT2D eigenvalue weighted by atomic mass is 10.2. The highest BCUT2D eigenvalue weighted by molar-refractivity contribution is 7.80. The number of piperazine rings is 1. The number of thiocarbonyl (C=S) groups is 1. The lowest BCUT2D eigenvalue weighted by molar-refractivity contribution is -0.129. The number of hydrogen-bond acceptors (Lipinski definition) is 5. The number of benzene rings is 2. The quantitative estimate of drug-likeness (QED) is 0.607. The van der Waals surface area contributed by atoms with Crippen LogP contribution in [-0.2, 0) is 4.79 Å². The van der Waals surface area contributed by atoms with Gasteiger partial charge in [-0.1, -0.05) is 23.2 Å². The van der Waals surface area contributed by atoms with E-state index in [4.69, 9.17) is 40.2 Å². The van der Waals surface area contributed by atoms with E-state index in [9.17, 15) is 9.59 Å². The van der Waals surface area contributed by atoms with Crippen LogP contribution in [0.2, 0.25) is 10.0 Å². The first-order chi connectivity index (χ1) is 15.3. The van der Waals surface area contributed by atoms with Crippen molar-refractivity contribution in [3.63, 3.8) is 0 Å². The van der Waals surface area contributed by atoms with Gasteiger partial charge in [0.2, 0.25) is 5.91 Å². The summed E-state index contributed by atoms with van der Waals surface area (Å²) in [6, 6.07) is 10.3. The first kappa shape index (κ1) is 24.1. The monoisotopic (exact) mass is 494 g/mol. The molecule has 3 rings (SSSR count). The normalized spacial score (nSPS) is 13.5. The van der Waals surface area contributed by atoms with E-state index in [0.717, 1.165) is 5.69 Å². The fraction of sp³-hybridized carbons (Fsp3) is 0.318. The van der Waals surface area contributed by atoms with Crippen LogP contribution in [0.3, 0.4) is 0 Å². The van der Waals surface area contributed by atoms with Crippen LogP contribution >= 0.6 is 35.4 Å². The number of nitrogens with zero attached hydrogens (tertiary/aromatic N) is 2. The molecule has 2 aromatic rings. The van der Waals surface area contributed by atoms with E-state index in [2.05, 4.69) is 15.5 Å². The topological polar surface area (TPSA) is 73.9 Å². The summed E-state index contributed by atoms with van der Waals surface area (Å²) in [6.45, 7) is 6.67. The fourth-order valence-electron chi connectivity index (χ4n) is 3.36. The predicted molar refractivity (Wildman–Crippen MR) is 132 cm³/mol. The van der Waals surface area contributed by atoms with E-state index < -0.39 is 5.91 Å². The average molecular weight is 495 g/mol. The summed E-state index contributed by atoms with van der Waals surface area (Å²) < 4.78 is 5.38. The number of carbonyl (C=O) groups is 2. The number of halogens is 2. The number of rotatable bonds is 5. The van der Waals surface area contributed by atoms with E-state index in [1.807, 2.05) is 24.0 Å². The Bertz CT molecular complexity index is 1030. The summed E-state index contributed by atoms with van der Waals surface area (Å²) in [7, 11) is 0. The Kier molecular flexibility index (Phi) is 8.17. The zero-order valence-corrected chi connectivity index (χ0v) is 20.1. The zero-order valence-electron chi connectivity index (χ0n) is 17.8. The van der Waals surface area contributed by atoms with Gasteiger partial charge < -0.3 is 19.9 Å². The lowest BCUT2D eigenvalue weighted by Gasteiger charge is -2.36. The summed E-state index contributed by atoms with van der Waals surface area (Å²) in [5.74, 6) is 0.209. The Balaban J connectivity index is 1.58. The fourth-order valence-corrected chi connectivity index (χ4v) is 4.10. The molecule has 0 aromatic heterocycles. The van der Waals surface area contributed by atoms with Crippen LogP contribution in [0, 0.1) is 0 Å².